The molecule has 0 aromatic heterocycles. The van der Waals surface area contributed by atoms with Crippen molar-refractivity contribution in [2.75, 3.05) is 21.1 Å². The van der Waals surface area contributed by atoms with Gasteiger partial charge in [0.2, 0.25) is 0 Å². The highest BCUT2D eigenvalue weighted by Crippen LogP contribution is 2.06. The molecule has 10 heavy (non-hydrogen) atoms. The van der Waals surface area contributed by atoms with Crippen molar-refractivity contribution < 1.29 is 24.2 Å². The Kier molecular flexibility index (Phi) is 11.2. The normalized spacial score (nSPS) is 9.60. The Hall–Kier alpha value is -0.295. The van der Waals surface area contributed by atoms with Crippen molar-refractivity contribution in [3.63, 3.8) is 0 Å². The SMILES string of the molecule is CN(C)C.F[B-](F)(F)F.O.[H+]. The predicted octanol–water partition coefficient (Wildman–Crippen LogP) is 0.766. The minimum Gasteiger partial charge on any atom is -0.418 e. The molecule has 0 atom stereocenters. The zero-order chi connectivity index (χ0) is 8.08. The summed E-state index contributed by atoms with van der Waals surface area (Å²) in [4.78, 5) is 2.00. The van der Waals surface area contributed by atoms with Crippen molar-refractivity contribution in [2.24, 2.45) is 0 Å². The zero-order valence-electron chi connectivity index (χ0n) is 7.04. The Morgan fingerprint density at radius 3 is 1.00 bits per heavy atom. The number of halogens is 4. The molecule has 0 radical (unpaired) electrons. The number of rotatable bonds is 0. The molecule has 0 amide bonds. The lowest BCUT2D eigenvalue weighted by Crippen LogP contribution is -2.02. The van der Waals surface area contributed by atoms with E-state index in [1.807, 2.05) is 26.0 Å². The largest absolute Gasteiger partial charge is 1.00 e. The van der Waals surface area contributed by atoms with Gasteiger partial charge in [-0.2, -0.15) is 0 Å². The van der Waals surface area contributed by atoms with Gasteiger partial charge in [0, 0.05) is 0 Å². The molecular weight excluding hydrogens is 153 g/mol. The Bertz CT molecular complexity index is 62.1. The Morgan fingerprint density at radius 2 is 1.00 bits per heavy atom. The van der Waals surface area contributed by atoms with Crippen molar-refractivity contribution in [1.29, 1.82) is 0 Å². The van der Waals surface area contributed by atoms with Gasteiger partial charge in [0.15, 0.2) is 0 Å². The molecule has 0 unspecified atom stereocenters. The van der Waals surface area contributed by atoms with Gasteiger partial charge in [0.1, 0.15) is 0 Å². The third kappa shape index (κ3) is 3980. The van der Waals surface area contributed by atoms with Crippen LogP contribution < -0.4 is 0 Å². The lowest BCUT2D eigenvalue weighted by Gasteiger charge is -1.94. The number of hydrogen-bond donors (Lipinski definition) is 0. The molecule has 0 aromatic rings. The van der Waals surface area contributed by atoms with Gasteiger partial charge < -0.3 is 27.6 Å². The first-order valence-electron chi connectivity index (χ1n) is 2.21. The van der Waals surface area contributed by atoms with Crippen LogP contribution in [0.15, 0.2) is 0 Å². The third-order valence-corrected chi connectivity index (χ3v) is 0. The standard InChI is InChI=1S/C3H9N.BF4.H2O/c1-4(2)3;2-1(3,4)5;/h1-3H3;;1H2/q;-1;/p+1. The fraction of sp³-hybridized carbons (Fsp3) is 1.00. The molecule has 0 spiro atoms. The van der Waals surface area contributed by atoms with Gasteiger partial charge in [-0.25, -0.2) is 0 Å². The fourth-order valence-electron chi connectivity index (χ4n) is 0. The van der Waals surface area contributed by atoms with Gasteiger partial charge >= 0.3 is 8.68 Å². The van der Waals surface area contributed by atoms with Crippen molar-refractivity contribution in [3.05, 3.63) is 0 Å². The van der Waals surface area contributed by atoms with Crippen LogP contribution in [0.4, 0.5) is 17.3 Å². The molecule has 0 saturated heterocycles. The van der Waals surface area contributed by atoms with Crippen molar-refractivity contribution in [1.82, 2.24) is 4.90 Å². The summed E-state index contributed by atoms with van der Waals surface area (Å²) in [5.41, 5.74) is 0. The summed E-state index contributed by atoms with van der Waals surface area (Å²) in [6, 6.07) is 0. The smallest absolute Gasteiger partial charge is 0.418 e. The minimum atomic E-state index is -6.00. The van der Waals surface area contributed by atoms with E-state index in [-0.39, 0.29) is 6.90 Å². The molecule has 0 aromatic carbocycles. The van der Waals surface area contributed by atoms with E-state index >= 15 is 0 Å². The summed E-state index contributed by atoms with van der Waals surface area (Å²) in [5, 5.41) is 0. The van der Waals surface area contributed by atoms with E-state index in [1.165, 1.54) is 0 Å². The van der Waals surface area contributed by atoms with Gasteiger partial charge in [-0.3, -0.25) is 0 Å². The molecule has 0 heterocycles. The average Bonchev–Trinajstić information content (AvgIpc) is 1.19. The summed E-state index contributed by atoms with van der Waals surface area (Å²) in [7, 11) is 0. The highest BCUT2D eigenvalue weighted by atomic mass is 19.5. The summed E-state index contributed by atoms with van der Waals surface area (Å²) in [5.74, 6) is 0. The van der Waals surface area contributed by atoms with Crippen molar-refractivity contribution >= 4 is 7.25 Å². The second-order valence-electron chi connectivity index (χ2n) is 1.84. The molecule has 0 aliphatic heterocycles. The van der Waals surface area contributed by atoms with Crippen LogP contribution >= 0.6 is 0 Å². The van der Waals surface area contributed by atoms with Gasteiger partial charge in [0.05, 0.1) is 0 Å². The van der Waals surface area contributed by atoms with Crippen LogP contribution in [-0.4, -0.2) is 38.8 Å². The van der Waals surface area contributed by atoms with E-state index < -0.39 is 7.25 Å². The lowest BCUT2D eigenvalue weighted by molar-refractivity contribution is 0.368. The van der Waals surface area contributed by atoms with Crippen molar-refractivity contribution in [2.45, 2.75) is 0 Å². The van der Waals surface area contributed by atoms with Crippen LogP contribution in [0.25, 0.3) is 0 Å². The third-order valence-electron chi connectivity index (χ3n) is 0. The van der Waals surface area contributed by atoms with Gasteiger partial charge in [0.25, 0.3) is 0 Å². The van der Waals surface area contributed by atoms with E-state index in [2.05, 4.69) is 0 Å². The molecule has 0 aliphatic rings. The number of nitrogens with zero attached hydrogens (tertiary/aromatic N) is 1. The molecule has 7 heteroatoms. The average molecular weight is 165 g/mol. The van der Waals surface area contributed by atoms with Crippen molar-refractivity contribution in [3.8, 4) is 0 Å². The van der Waals surface area contributed by atoms with Crippen LogP contribution in [0.2, 0.25) is 0 Å². The summed E-state index contributed by atoms with van der Waals surface area (Å²) in [6.45, 7) is 0. The Balaban J connectivity index is -0.0000000383. The molecule has 2 N–H and O–H groups in total. The second kappa shape index (κ2) is 6.82. The molecule has 0 fully saturated rings. The van der Waals surface area contributed by atoms with Crippen LogP contribution in [0.1, 0.15) is 1.43 Å². The highest BCUT2D eigenvalue weighted by molar-refractivity contribution is 6.50. The first-order valence-corrected chi connectivity index (χ1v) is 2.21. The molecule has 66 valence electrons. The molecule has 0 bridgehead atoms. The van der Waals surface area contributed by atoms with Crippen LogP contribution in [0, 0.1) is 0 Å². The lowest BCUT2D eigenvalue weighted by atomic mass is 10.3. The maximum atomic E-state index is 9.75. The predicted molar refractivity (Wildman–Crippen MR) is 34.5 cm³/mol. The van der Waals surface area contributed by atoms with Gasteiger partial charge in [-0.1, -0.05) is 0 Å². The van der Waals surface area contributed by atoms with Crippen LogP contribution in [-0.2, 0) is 0 Å². The molecular formula is C3H12BF4NO. The van der Waals surface area contributed by atoms with E-state index in [9.17, 15) is 17.3 Å². The second-order valence-corrected chi connectivity index (χ2v) is 1.84. The summed E-state index contributed by atoms with van der Waals surface area (Å²) in [6.07, 6.45) is 0. The first kappa shape index (κ1) is 16.4. The molecule has 0 aliphatic carbocycles. The molecule has 0 saturated carbocycles. The summed E-state index contributed by atoms with van der Waals surface area (Å²) >= 11 is 0. The summed E-state index contributed by atoms with van der Waals surface area (Å²) < 4.78 is 39.0. The first-order chi connectivity index (χ1) is 3.73. The van der Waals surface area contributed by atoms with E-state index in [0.29, 0.717) is 0 Å². The molecule has 0 rings (SSSR count). The topological polar surface area (TPSA) is 34.7 Å². The maximum Gasteiger partial charge on any atom is 1.00 e. The zero-order valence-corrected chi connectivity index (χ0v) is 6.04. The van der Waals surface area contributed by atoms with E-state index in [1.54, 1.807) is 0 Å². The van der Waals surface area contributed by atoms with Gasteiger partial charge in [-0.15, -0.1) is 0 Å². The van der Waals surface area contributed by atoms with E-state index in [0.717, 1.165) is 0 Å². The van der Waals surface area contributed by atoms with E-state index in [4.69, 9.17) is 0 Å². The van der Waals surface area contributed by atoms with Gasteiger partial charge in [-0.05, 0) is 21.1 Å². The quantitative estimate of drug-likeness (QED) is 0.385. The highest BCUT2D eigenvalue weighted by Gasteiger charge is 2.20. The monoisotopic (exact) mass is 165 g/mol. The Labute approximate surface area is 58.7 Å². The number of hydrogen-bond acceptors (Lipinski definition) is 1. The molecule has 2 nitrogen and oxygen atoms in total. The van der Waals surface area contributed by atoms with Crippen LogP contribution in [0.5, 0.6) is 0 Å². The fourth-order valence-corrected chi connectivity index (χ4v) is 0. The maximum absolute atomic E-state index is 9.75. The minimum absolute atomic E-state index is 0. The Morgan fingerprint density at radius 1 is 1.00 bits per heavy atom. The van der Waals surface area contributed by atoms with Crippen LogP contribution in [0.3, 0.4) is 0 Å².